The number of nitriles is 1. The van der Waals surface area contributed by atoms with Crippen molar-refractivity contribution >= 4 is 27.6 Å². The Labute approximate surface area is 117 Å². The largest absolute Gasteiger partial charge is 0.328 e. The summed E-state index contributed by atoms with van der Waals surface area (Å²) in [6.07, 6.45) is 2.37. The highest BCUT2D eigenvalue weighted by Gasteiger charge is 2.11. The summed E-state index contributed by atoms with van der Waals surface area (Å²) in [5, 5.41) is 12.4. The van der Waals surface area contributed by atoms with E-state index in [1.54, 1.807) is 30.8 Å². The first-order valence-electron chi connectivity index (χ1n) is 5.56. The molecule has 19 heavy (non-hydrogen) atoms. The fourth-order valence-electron chi connectivity index (χ4n) is 1.27. The molecule has 0 N–H and O–H groups in total. The van der Waals surface area contributed by atoms with Gasteiger partial charge in [0.1, 0.15) is 6.07 Å². The minimum absolute atomic E-state index is 0.0627. The van der Waals surface area contributed by atoms with Crippen LogP contribution in [0.3, 0.4) is 0 Å². The maximum atomic E-state index is 11.3. The molecule has 0 spiro atoms. The van der Waals surface area contributed by atoms with Crippen LogP contribution in [0.4, 0.5) is 0 Å². The van der Waals surface area contributed by atoms with E-state index in [-0.39, 0.29) is 11.5 Å². The van der Waals surface area contributed by atoms with E-state index < -0.39 is 10.1 Å². The summed E-state index contributed by atoms with van der Waals surface area (Å²) in [7, 11) is -3.70. The molecule has 0 aliphatic rings. The van der Waals surface area contributed by atoms with E-state index in [9.17, 15) is 8.42 Å². The zero-order valence-corrected chi connectivity index (χ0v) is 12.3. The predicted octanol–water partition coefficient (Wildman–Crippen LogP) is 2.39. The van der Waals surface area contributed by atoms with E-state index in [2.05, 4.69) is 9.44 Å². The summed E-state index contributed by atoms with van der Waals surface area (Å²) >= 11 is 1.57. The number of hydrogen-bond acceptors (Lipinski definition) is 6. The molecule has 0 heterocycles. The number of oxime groups is 1. The van der Waals surface area contributed by atoms with Gasteiger partial charge in [-0.05, 0) is 24.8 Å². The molecule has 0 radical (unpaired) electrons. The zero-order chi connectivity index (χ0) is 14.3. The van der Waals surface area contributed by atoms with E-state index in [0.29, 0.717) is 12.0 Å². The summed E-state index contributed by atoms with van der Waals surface area (Å²) in [6.45, 7) is 1.72. The Balaban J connectivity index is 2.91. The fourth-order valence-corrected chi connectivity index (χ4v) is 2.44. The quantitative estimate of drug-likeness (QED) is 0.457. The van der Waals surface area contributed by atoms with Crippen molar-refractivity contribution in [2.45, 2.75) is 18.2 Å². The monoisotopic (exact) mass is 298 g/mol. The molecule has 0 saturated heterocycles. The van der Waals surface area contributed by atoms with E-state index >= 15 is 0 Å². The molecule has 1 rings (SSSR count). The van der Waals surface area contributed by atoms with Crippen molar-refractivity contribution in [1.29, 1.82) is 5.26 Å². The summed E-state index contributed by atoms with van der Waals surface area (Å²) in [5.74, 6) is -0.124. The SMILES string of the molecule is CCCS(=O)(=O)ON=C(C#N)c1ccc(SC)cc1. The normalized spacial score (nSPS) is 11.9. The first-order chi connectivity index (χ1) is 9.02. The van der Waals surface area contributed by atoms with Crippen molar-refractivity contribution in [3.63, 3.8) is 0 Å². The highest BCUT2D eigenvalue weighted by molar-refractivity contribution is 7.98. The Kier molecular flexibility index (Phi) is 5.86. The molecule has 0 aliphatic heterocycles. The average Bonchev–Trinajstić information content (AvgIpc) is 2.40. The van der Waals surface area contributed by atoms with Crippen molar-refractivity contribution in [3.8, 4) is 6.07 Å². The lowest BCUT2D eigenvalue weighted by Crippen LogP contribution is -2.08. The van der Waals surface area contributed by atoms with Crippen molar-refractivity contribution < 1.29 is 12.7 Å². The standard InChI is InChI=1S/C12H14N2O3S2/c1-3-8-19(15,16)17-14-12(9-13)10-4-6-11(18-2)7-5-10/h4-7H,3,8H2,1-2H3. The van der Waals surface area contributed by atoms with Gasteiger partial charge in [0.15, 0.2) is 5.71 Å². The number of rotatable bonds is 6. The molecule has 0 saturated carbocycles. The van der Waals surface area contributed by atoms with Gasteiger partial charge < -0.3 is 0 Å². The van der Waals surface area contributed by atoms with Crippen molar-refractivity contribution in [3.05, 3.63) is 29.8 Å². The van der Waals surface area contributed by atoms with Crippen LogP contribution in [0.25, 0.3) is 0 Å². The third kappa shape index (κ3) is 4.93. The van der Waals surface area contributed by atoms with Gasteiger partial charge in [0.2, 0.25) is 0 Å². The van der Waals surface area contributed by atoms with Gasteiger partial charge in [-0.15, -0.1) is 11.8 Å². The topological polar surface area (TPSA) is 79.5 Å². The number of hydrogen-bond donors (Lipinski definition) is 0. The van der Waals surface area contributed by atoms with Crippen molar-refractivity contribution in [2.24, 2.45) is 5.16 Å². The molecule has 102 valence electrons. The maximum Gasteiger partial charge on any atom is 0.328 e. The molecule has 1 aromatic rings. The molecule has 0 atom stereocenters. The van der Waals surface area contributed by atoms with E-state index in [1.807, 2.05) is 24.5 Å². The number of nitrogens with zero attached hydrogens (tertiary/aromatic N) is 2. The second-order valence-electron chi connectivity index (χ2n) is 3.62. The molecule has 0 unspecified atom stereocenters. The van der Waals surface area contributed by atoms with Crippen LogP contribution in [-0.2, 0) is 14.4 Å². The Bertz CT molecular complexity index is 586. The second kappa shape index (κ2) is 7.16. The van der Waals surface area contributed by atoms with Crippen molar-refractivity contribution in [1.82, 2.24) is 0 Å². The molecule has 5 nitrogen and oxygen atoms in total. The lowest BCUT2D eigenvalue weighted by Gasteiger charge is -2.01. The smallest absolute Gasteiger partial charge is 0.267 e. The molecule has 0 bridgehead atoms. The van der Waals surface area contributed by atoms with Gasteiger partial charge >= 0.3 is 10.1 Å². The summed E-state index contributed by atoms with van der Waals surface area (Å²) in [6, 6.07) is 8.87. The zero-order valence-electron chi connectivity index (χ0n) is 10.7. The second-order valence-corrected chi connectivity index (χ2v) is 6.17. The Morgan fingerprint density at radius 1 is 1.42 bits per heavy atom. The highest BCUT2D eigenvalue weighted by Crippen LogP contribution is 2.15. The van der Waals surface area contributed by atoms with Crippen LogP contribution in [0.5, 0.6) is 0 Å². The Morgan fingerprint density at radius 2 is 2.05 bits per heavy atom. The Morgan fingerprint density at radius 3 is 2.53 bits per heavy atom. The molecule has 7 heteroatoms. The third-order valence-electron chi connectivity index (χ3n) is 2.17. The number of benzene rings is 1. The van der Waals surface area contributed by atoms with Gasteiger partial charge in [0, 0.05) is 10.5 Å². The van der Waals surface area contributed by atoms with Gasteiger partial charge in [-0.3, -0.25) is 4.28 Å². The molecular formula is C12H14N2O3S2. The molecule has 0 aliphatic carbocycles. The predicted molar refractivity (Wildman–Crippen MR) is 75.5 cm³/mol. The lowest BCUT2D eigenvalue weighted by molar-refractivity contribution is 0.339. The van der Waals surface area contributed by atoms with Gasteiger partial charge in [-0.2, -0.15) is 13.7 Å². The van der Waals surface area contributed by atoms with Gasteiger partial charge in [-0.1, -0.05) is 24.2 Å². The maximum absolute atomic E-state index is 11.3. The van der Waals surface area contributed by atoms with E-state index in [4.69, 9.17) is 5.26 Å². The summed E-state index contributed by atoms with van der Waals surface area (Å²) < 4.78 is 27.1. The Hall–Kier alpha value is -1.52. The van der Waals surface area contributed by atoms with Crippen LogP contribution < -0.4 is 0 Å². The minimum atomic E-state index is -3.70. The highest BCUT2D eigenvalue weighted by atomic mass is 32.2. The van der Waals surface area contributed by atoms with Crippen molar-refractivity contribution in [2.75, 3.05) is 12.0 Å². The minimum Gasteiger partial charge on any atom is -0.267 e. The molecular weight excluding hydrogens is 284 g/mol. The van der Waals surface area contributed by atoms with Gasteiger partial charge in [0.05, 0.1) is 5.75 Å². The first kappa shape index (κ1) is 15.5. The molecule has 0 fully saturated rings. The molecule has 0 aromatic heterocycles. The van der Waals surface area contributed by atoms with E-state index in [0.717, 1.165) is 4.90 Å². The van der Waals surface area contributed by atoms with Gasteiger partial charge in [-0.25, -0.2) is 0 Å². The van der Waals surface area contributed by atoms with Crippen LogP contribution in [-0.4, -0.2) is 26.1 Å². The van der Waals surface area contributed by atoms with Crippen LogP contribution in [0, 0.1) is 11.3 Å². The number of thioether (sulfide) groups is 1. The van der Waals surface area contributed by atoms with Gasteiger partial charge in [0.25, 0.3) is 0 Å². The van der Waals surface area contributed by atoms with Crippen LogP contribution in [0.15, 0.2) is 34.3 Å². The van der Waals surface area contributed by atoms with Crippen LogP contribution >= 0.6 is 11.8 Å². The molecule has 1 aromatic carbocycles. The lowest BCUT2D eigenvalue weighted by atomic mass is 10.1. The van der Waals surface area contributed by atoms with E-state index in [1.165, 1.54) is 0 Å². The van der Waals surface area contributed by atoms with Crippen LogP contribution in [0.1, 0.15) is 18.9 Å². The fraction of sp³-hybridized carbons (Fsp3) is 0.333. The summed E-state index contributed by atoms with van der Waals surface area (Å²) in [4.78, 5) is 1.04. The average molecular weight is 298 g/mol. The first-order valence-corrected chi connectivity index (χ1v) is 8.36. The summed E-state index contributed by atoms with van der Waals surface area (Å²) in [5.41, 5.74) is 0.458. The van der Waals surface area contributed by atoms with Crippen LogP contribution in [0.2, 0.25) is 0 Å². The third-order valence-corrected chi connectivity index (χ3v) is 4.12. The molecule has 0 amide bonds.